The lowest BCUT2D eigenvalue weighted by Gasteiger charge is -2.23. The summed E-state index contributed by atoms with van der Waals surface area (Å²) in [5.41, 5.74) is 0.517. The highest BCUT2D eigenvalue weighted by Crippen LogP contribution is 2.25. The van der Waals surface area contributed by atoms with Crippen LogP contribution in [0.15, 0.2) is 23.1 Å². The Balaban J connectivity index is 2.31. The molecule has 1 aromatic rings. The summed E-state index contributed by atoms with van der Waals surface area (Å²) in [5, 5.41) is 4.57. The van der Waals surface area contributed by atoms with Crippen molar-refractivity contribution in [3.63, 3.8) is 0 Å². The van der Waals surface area contributed by atoms with E-state index in [1.54, 1.807) is 0 Å². The molecule has 1 saturated heterocycles. The molecule has 118 valence electrons. The van der Waals surface area contributed by atoms with E-state index in [2.05, 4.69) is 4.72 Å². The van der Waals surface area contributed by atoms with E-state index in [-0.39, 0.29) is 16.1 Å². The van der Waals surface area contributed by atoms with Crippen LogP contribution in [0.5, 0.6) is 0 Å². The smallest absolute Gasteiger partial charge is 0.238 e. The fourth-order valence-corrected chi connectivity index (χ4v) is 4.57. The first-order valence-corrected chi connectivity index (χ1v) is 9.53. The third kappa shape index (κ3) is 3.73. The first kappa shape index (κ1) is 16.2. The van der Waals surface area contributed by atoms with Crippen molar-refractivity contribution in [2.45, 2.75) is 29.9 Å². The molecule has 0 spiro atoms. The van der Waals surface area contributed by atoms with Crippen LogP contribution in [0.1, 0.15) is 18.4 Å². The molecule has 1 aromatic carbocycles. The van der Waals surface area contributed by atoms with E-state index in [0.717, 1.165) is 0 Å². The van der Waals surface area contributed by atoms with Crippen molar-refractivity contribution in [1.29, 1.82) is 0 Å². The van der Waals surface area contributed by atoms with Crippen molar-refractivity contribution in [2.24, 2.45) is 5.14 Å². The maximum Gasteiger partial charge on any atom is 0.238 e. The van der Waals surface area contributed by atoms with E-state index in [1.807, 2.05) is 0 Å². The van der Waals surface area contributed by atoms with Gasteiger partial charge in [0, 0.05) is 13.2 Å². The van der Waals surface area contributed by atoms with Crippen LogP contribution < -0.4 is 9.86 Å². The summed E-state index contributed by atoms with van der Waals surface area (Å²) >= 11 is 0. The number of anilines is 1. The fourth-order valence-electron chi connectivity index (χ4n) is 2.26. The number of ether oxygens (including phenoxy) is 1. The number of primary sulfonamides is 1. The van der Waals surface area contributed by atoms with E-state index in [1.165, 1.54) is 25.1 Å². The lowest BCUT2D eigenvalue weighted by atomic mass is 10.2. The standard InChI is InChI=1S/C12H18N2O5S2/c1-9-11(3-2-4-12(9)20(13,15)16)14-21(17,18)10-5-7-19-8-6-10/h2-4,10,14H,5-8H2,1H3,(H2,13,15,16). The van der Waals surface area contributed by atoms with Crippen LogP contribution in [0.3, 0.4) is 0 Å². The minimum atomic E-state index is -3.89. The highest BCUT2D eigenvalue weighted by Gasteiger charge is 2.28. The molecule has 3 N–H and O–H groups in total. The zero-order valence-corrected chi connectivity index (χ0v) is 13.2. The molecule has 1 aliphatic rings. The van der Waals surface area contributed by atoms with Crippen LogP contribution in [0.4, 0.5) is 5.69 Å². The van der Waals surface area contributed by atoms with Gasteiger partial charge < -0.3 is 4.74 Å². The van der Waals surface area contributed by atoms with Crippen molar-refractivity contribution in [1.82, 2.24) is 0 Å². The Bertz CT molecular complexity index is 722. The largest absolute Gasteiger partial charge is 0.381 e. The lowest BCUT2D eigenvalue weighted by molar-refractivity contribution is 0.0984. The van der Waals surface area contributed by atoms with Gasteiger partial charge in [0.25, 0.3) is 0 Å². The second-order valence-corrected chi connectivity index (χ2v) is 8.42. The highest BCUT2D eigenvalue weighted by molar-refractivity contribution is 7.93. The molecule has 9 heteroatoms. The molecule has 0 unspecified atom stereocenters. The summed E-state index contributed by atoms with van der Waals surface area (Å²) < 4.78 is 55.2. The number of nitrogens with two attached hydrogens (primary N) is 1. The molecule has 1 aliphatic heterocycles. The summed E-state index contributed by atoms with van der Waals surface area (Å²) in [5.74, 6) is 0. The SMILES string of the molecule is Cc1c(NS(=O)(=O)C2CCOCC2)cccc1S(N)(=O)=O. The van der Waals surface area contributed by atoms with Gasteiger partial charge in [-0.2, -0.15) is 0 Å². The number of nitrogens with one attached hydrogen (secondary N) is 1. The first-order chi connectivity index (χ1) is 9.72. The number of hydrogen-bond acceptors (Lipinski definition) is 5. The predicted molar refractivity (Wildman–Crippen MR) is 78.9 cm³/mol. The van der Waals surface area contributed by atoms with Gasteiger partial charge in [0.2, 0.25) is 20.0 Å². The van der Waals surface area contributed by atoms with E-state index in [4.69, 9.17) is 9.88 Å². The number of rotatable bonds is 4. The molecule has 0 amide bonds. The zero-order valence-electron chi connectivity index (χ0n) is 11.6. The topological polar surface area (TPSA) is 116 Å². The van der Waals surface area contributed by atoms with Crippen LogP contribution in [0, 0.1) is 6.92 Å². The van der Waals surface area contributed by atoms with Gasteiger partial charge >= 0.3 is 0 Å². The van der Waals surface area contributed by atoms with Crippen molar-refractivity contribution >= 4 is 25.7 Å². The summed E-state index contributed by atoms with van der Waals surface area (Å²) in [4.78, 5) is -0.0883. The molecule has 7 nitrogen and oxygen atoms in total. The van der Waals surface area contributed by atoms with Crippen LogP contribution in [0.25, 0.3) is 0 Å². The van der Waals surface area contributed by atoms with E-state index < -0.39 is 25.3 Å². The maximum absolute atomic E-state index is 12.3. The molecule has 0 aromatic heterocycles. The Morgan fingerprint density at radius 3 is 2.38 bits per heavy atom. The number of benzene rings is 1. The molecule has 0 radical (unpaired) electrons. The predicted octanol–water partition coefficient (Wildman–Crippen LogP) is 0.563. The van der Waals surface area contributed by atoms with Crippen LogP contribution in [0.2, 0.25) is 0 Å². The highest BCUT2D eigenvalue weighted by atomic mass is 32.2. The van der Waals surface area contributed by atoms with Gasteiger partial charge in [-0.1, -0.05) is 6.07 Å². The van der Waals surface area contributed by atoms with Gasteiger partial charge in [-0.15, -0.1) is 0 Å². The Hall–Kier alpha value is -1.16. The third-order valence-electron chi connectivity index (χ3n) is 3.45. The first-order valence-electron chi connectivity index (χ1n) is 6.43. The second kappa shape index (κ2) is 5.91. The van der Waals surface area contributed by atoms with E-state index in [9.17, 15) is 16.8 Å². The Morgan fingerprint density at radius 1 is 1.19 bits per heavy atom. The number of sulfonamides is 2. The average molecular weight is 334 g/mol. The molecule has 0 aliphatic carbocycles. The maximum atomic E-state index is 12.3. The molecule has 0 saturated carbocycles. The average Bonchev–Trinajstić information content (AvgIpc) is 2.41. The molecule has 0 bridgehead atoms. The normalized spacial score (nSPS) is 17.6. The van der Waals surface area contributed by atoms with Crippen LogP contribution >= 0.6 is 0 Å². The Morgan fingerprint density at radius 2 is 1.81 bits per heavy atom. The second-order valence-electron chi connectivity index (χ2n) is 4.93. The molecule has 1 heterocycles. The summed E-state index contributed by atoms with van der Waals surface area (Å²) in [7, 11) is -7.48. The molecule has 21 heavy (non-hydrogen) atoms. The number of hydrogen-bond donors (Lipinski definition) is 2. The van der Waals surface area contributed by atoms with Crippen molar-refractivity contribution in [3.8, 4) is 0 Å². The van der Waals surface area contributed by atoms with Gasteiger partial charge in [-0.05, 0) is 37.5 Å². The lowest BCUT2D eigenvalue weighted by Crippen LogP contribution is -2.33. The third-order valence-corrected chi connectivity index (χ3v) is 6.36. The summed E-state index contributed by atoms with van der Waals surface area (Å²) in [6.07, 6.45) is 0.840. The van der Waals surface area contributed by atoms with Crippen molar-refractivity contribution < 1.29 is 21.6 Å². The minimum absolute atomic E-state index is 0.0883. The minimum Gasteiger partial charge on any atom is -0.381 e. The summed E-state index contributed by atoms with van der Waals surface area (Å²) in [6, 6.07) is 4.31. The van der Waals surface area contributed by atoms with Gasteiger partial charge in [0.1, 0.15) is 0 Å². The molecule has 0 atom stereocenters. The molecular formula is C12H18N2O5S2. The quantitative estimate of drug-likeness (QED) is 0.835. The molecular weight excluding hydrogens is 316 g/mol. The molecule has 2 rings (SSSR count). The summed E-state index contributed by atoms with van der Waals surface area (Å²) in [6.45, 7) is 2.32. The van der Waals surface area contributed by atoms with Crippen LogP contribution in [-0.4, -0.2) is 35.3 Å². The van der Waals surface area contributed by atoms with Gasteiger partial charge in [-0.3, -0.25) is 4.72 Å². The van der Waals surface area contributed by atoms with Crippen molar-refractivity contribution in [2.75, 3.05) is 17.9 Å². The van der Waals surface area contributed by atoms with E-state index in [0.29, 0.717) is 26.1 Å². The Labute approximate surface area is 124 Å². The van der Waals surface area contributed by atoms with Gasteiger partial charge in [-0.25, -0.2) is 22.0 Å². The van der Waals surface area contributed by atoms with Crippen molar-refractivity contribution in [3.05, 3.63) is 23.8 Å². The van der Waals surface area contributed by atoms with Gasteiger partial charge in [0.05, 0.1) is 15.8 Å². The zero-order chi connectivity index (χ0) is 15.7. The van der Waals surface area contributed by atoms with Gasteiger partial charge in [0.15, 0.2) is 0 Å². The Kier molecular flexibility index (Phi) is 4.57. The monoisotopic (exact) mass is 334 g/mol. The fraction of sp³-hybridized carbons (Fsp3) is 0.500. The molecule has 1 fully saturated rings. The van der Waals surface area contributed by atoms with Crippen LogP contribution in [-0.2, 0) is 24.8 Å². The van der Waals surface area contributed by atoms with E-state index >= 15 is 0 Å².